The third-order valence-corrected chi connectivity index (χ3v) is 5.32. The SMILES string of the molecule is Brc1ccccc1-c1csc(C2CCCCC2)n1. The molecule has 0 atom stereocenters. The van der Waals surface area contributed by atoms with Crippen molar-refractivity contribution < 1.29 is 0 Å². The van der Waals surface area contributed by atoms with Gasteiger partial charge in [-0.2, -0.15) is 0 Å². The van der Waals surface area contributed by atoms with Crippen molar-refractivity contribution in [2.45, 2.75) is 38.0 Å². The first kappa shape index (κ1) is 12.4. The van der Waals surface area contributed by atoms with Crippen LogP contribution >= 0.6 is 27.3 Å². The molecule has 0 spiro atoms. The van der Waals surface area contributed by atoms with Crippen LogP contribution in [0.25, 0.3) is 11.3 Å². The Morgan fingerprint density at radius 3 is 2.67 bits per heavy atom. The van der Waals surface area contributed by atoms with Gasteiger partial charge in [0.1, 0.15) is 0 Å². The van der Waals surface area contributed by atoms with Crippen molar-refractivity contribution in [3.8, 4) is 11.3 Å². The van der Waals surface area contributed by atoms with Gasteiger partial charge in [0.05, 0.1) is 10.7 Å². The van der Waals surface area contributed by atoms with Crippen LogP contribution in [0.5, 0.6) is 0 Å². The molecule has 0 saturated heterocycles. The maximum atomic E-state index is 4.85. The highest BCUT2D eigenvalue weighted by Gasteiger charge is 2.19. The molecule has 94 valence electrons. The summed E-state index contributed by atoms with van der Waals surface area (Å²) < 4.78 is 1.13. The molecule has 3 heteroatoms. The van der Waals surface area contributed by atoms with Crippen LogP contribution in [-0.2, 0) is 0 Å². The van der Waals surface area contributed by atoms with Crippen LogP contribution < -0.4 is 0 Å². The van der Waals surface area contributed by atoms with E-state index in [2.05, 4.69) is 39.5 Å². The lowest BCUT2D eigenvalue weighted by atomic mass is 9.90. The zero-order valence-electron chi connectivity index (χ0n) is 10.2. The molecule has 1 heterocycles. The summed E-state index contributed by atoms with van der Waals surface area (Å²) in [5, 5.41) is 3.53. The monoisotopic (exact) mass is 321 g/mol. The number of nitrogens with zero attached hydrogens (tertiary/aromatic N) is 1. The van der Waals surface area contributed by atoms with Gasteiger partial charge in [-0.3, -0.25) is 0 Å². The Morgan fingerprint density at radius 1 is 1.11 bits per heavy atom. The van der Waals surface area contributed by atoms with E-state index in [1.165, 1.54) is 42.7 Å². The molecule has 2 aromatic rings. The first-order valence-corrected chi connectivity index (χ1v) is 8.22. The minimum atomic E-state index is 0.708. The highest BCUT2D eigenvalue weighted by Crippen LogP contribution is 2.37. The second-order valence-electron chi connectivity index (χ2n) is 4.89. The summed E-state index contributed by atoms with van der Waals surface area (Å²) in [6, 6.07) is 8.32. The fourth-order valence-corrected chi connectivity index (χ4v) is 4.10. The summed E-state index contributed by atoms with van der Waals surface area (Å²) in [6.07, 6.45) is 6.79. The average molecular weight is 322 g/mol. The van der Waals surface area contributed by atoms with Gasteiger partial charge in [0, 0.05) is 21.3 Å². The molecule has 1 aromatic heterocycles. The van der Waals surface area contributed by atoms with Gasteiger partial charge in [-0.15, -0.1) is 11.3 Å². The van der Waals surface area contributed by atoms with Crippen molar-refractivity contribution >= 4 is 27.3 Å². The van der Waals surface area contributed by atoms with Crippen LogP contribution in [0.2, 0.25) is 0 Å². The van der Waals surface area contributed by atoms with Crippen LogP contribution in [0.1, 0.15) is 43.0 Å². The Balaban J connectivity index is 1.87. The van der Waals surface area contributed by atoms with Crippen molar-refractivity contribution in [2.24, 2.45) is 0 Å². The fourth-order valence-electron chi connectivity index (χ4n) is 2.62. The lowest BCUT2D eigenvalue weighted by Gasteiger charge is -2.18. The van der Waals surface area contributed by atoms with Gasteiger partial charge in [0.15, 0.2) is 0 Å². The molecule has 1 saturated carbocycles. The molecule has 1 aliphatic rings. The van der Waals surface area contributed by atoms with Crippen molar-refractivity contribution in [1.29, 1.82) is 0 Å². The number of aromatic nitrogens is 1. The van der Waals surface area contributed by atoms with Crippen LogP contribution in [0.3, 0.4) is 0 Å². The molecule has 1 nitrogen and oxygen atoms in total. The lowest BCUT2D eigenvalue weighted by molar-refractivity contribution is 0.442. The first-order valence-electron chi connectivity index (χ1n) is 6.55. The third kappa shape index (κ3) is 2.52. The Morgan fingerprint density at radius 2 is 1.89 bits per heavy atom. The summed E-state index contributed by atoms with van der Waals surface area (Å²) in [6.45, 7) is 0. The highest BCUT2D eigenvalue weighted by atomic mass is 79.9. The molecule has 0 bridgehead atoms. The van der Waals surface area contributed by atoms with Crippen molar-refractivity contribution in [3.05, 3.63) is 39.1 Å². The minimum absolute atomic E-state index is 0.708. The molecule has 0 amide bonds. The molecular formula is C15H16BrNS. The summed E-state index contributed by atoms with van der Waals surface area (Å²) in [4.78, 5) is 4.85. The number of halogens is 1. The van der Waals surface area contributed by atoms with Gasteiger partial charge in [0.2, 0.25) is 0 Å². The predicted octanol–water partition coefficient (Wildman–Crippen LogP) is 5.62. The van der Waals surface area contributed by atoms with Gasteiger partial charge in [0.25, 0.3) is 0 Å². The molecular weight excluding hydrogens is 306 g/mol. The van der Waals surface area contributed by atoms with Crippen LogP contribution in [0, 0.1) is 0 Å². The Labute approximate surface area is 120 Å². The number of benzene rings is 1. The summed E-state index contributed by atoms with van der Waals surface area (Å²) in [7, 11) is 0. The molecule has 0 N–H and O–H groups in total. The fraction of sp³-hybridized carbons (Fsp3) is 0.400. The standard InChI is InChI=1S/C15H16BrNS/c16-13-9-5-4-8-12(13)14-10-18-15(17-14)11-6-2-1-3-7-11/h4-5,8-11H,1-3,6-7H2. The number of hydrogen-bond donors (Lipinski definition) is 0. The topological polar surface area (TPSA) is 12.9 Å². The minimum Gasteiger partial charge on any atom is -0.241 e. The quantitative estimate of drug-likeness (QED) is 0.699. The van der Waals surface area contributed by atoms with Crippen LogP contribution in [0.15, 0.2) is 34.1 Å². The Bertz CT molecular complexity index is 529. The largest absolute Gasteiger partial charge is 0.241 e. The number of thiazole rings is 1. The van der Waals surface area contributed by atoms with E-state index in [1.807, 2.05) is 17.4 Å². The van der Waals surface area contributed by atoms with Gasteiger partial charge >= 0.3 is 0 Å². The first-order chi connectivity index (χ1) is 8.84. The number of rotatable bonds is 2. The molecule has 18 heavy (non-hydrogen) atoms. The molecule has 1 aliphatic carbocycles. The summed E-state index contributed by atoms with van der Waals surface area (Å²) in [5.74, 6) is 0.708. The molecule has 1 aromatic carbocycles. The Hall–Kier alpha value is -0.670. The van der Waals surface area contributed by atoms with Gasteiger partial charge in [-0.25, -0.2) is 4.98 Å². The van der Waals surface area contributed by atoms with Gasteiger partial charge in [-0.1, -0.05) is 53.4 Å². The third-order valence-electron chi connectivity index (χ3n) is 3.63. The summed E-state index contributed by atoms with van der Waals surface area (Å²) in [5.41, 5.74) is 2.32. The molecule has 1 fully saturated rings. The molecule has 0 radical (unpaired) electrons. The second kappa shape index (κ2) is 5.54. The molecule has 0 aliphatic heterocycles. The van der Waals surface area contributed by atoms with E-state index in [4.69, 9.17) is 4.98 Å². The van der Waals surface area contributed by atoms with Crippen LogP contribution in [-0.4, -0.2) is 4.98 Å². The van der Waals surface area contributed by atoms with E-state index in [-0.39, 0.29) is 0 Å². The van der Waals surface area contributed by atoms with E-state index in [9.17, 15) is 0 Å². The highest BCUT2D eigenvalue weighted by molar-refractivity contribution is 9.10. The molecule has 3 rings (SSSR count). The normalized spacial score (nSPS) is 16.9. The second-order valence-corrected chi connectivity index (χ2v) is 6.63. The zero-order valence-corrected chi connectivity index (χ0v) is 12.6. The lowest BCUT2D eigenvalue weighted by Crippen LogP contribution is -2.03. The van der Waals surface area contributed by atoms with E-state index in [0.29, 0.717) is 5.92 Å². The van der Waals surface area contributed by atoms with E-state index >= 15 is 0 Å². The average Bonchev–Trinajstić information content (AvgIpc) is 2.90. The smallest absolute Gasteiger partial charge is 0.0963 e. The summed E-state index contributed by atoms with van der Waals surface area (Å²) >= 11 is 5.43. The predicted molar refractivity (Wildman–Crippen MR) is 81.1 cm³/mol. The van der Waals surface area contributed by atoms with Crippen molar-refractivity contribution in [2.75, 3.05) is 0 Å². The maximum Gasteiger partial charge on any atom is 0.0963 e. The van der Waals surface area contributed by atoms with Gasteiger partial charge in [-0.05, 0) is 18.9 Å². The van der Waals surface area contributed by atoms with Crippen molar-refractivity contribution in [3.63, 3.8) is 0 Å². The van der Waals surface area contributed by atoms with Gasteiger partial charge < -0.3 is 0 Å². The Kier molecular flexibility index (Phi) is 3.80. The van der Waals surface area contributed by atoms with Crippen molar-refractivity contribution in [1.82, 2.24) is 4.98 Å². The van der Waals surface area contributed by atoms with E-state index in [1.54, 1.807) is 0 Å². The van der Waals surface area contributed by atoms with E-state index in [0.717, 1.165) is 10.2 Å². The zero-order chi connectivity index (χ0) is 12.4. The van der Waals surface area contributed by atoms with E-state index < -0.39 is 0 Å². The van der Waals surface area contributed by atoms with Crippen LogP contribution in [0.4, 0.5) is 0 Å². The maximum absolute atomic E-state index is 4.85. The number of hydrogen-bond acceptors (Lipinski definition) is 2. The molecule has 0 unspecified atom stereocenters.